The minimum Gasteiger partial charge on any atom is -0.330 e. The number of aromatic nitrogens is 2. The highest BCUT2D eigenvalue weighted by molar-refractivity contribution is 6.25. The van der Waals surface area contributed by atoms with Crippen LogP contribution in [0.5, 0.6) is 0 Å². The molecule has 0 saturated carbocycles. The number of benzene rings is 3. The van der Waals surface area contributed by atoms with E-state index in [0.29, 0.717) is 30.9 Å². The second-order valence-corrected chi connectivity index (χ2v) is 12.0. The number of imide groups is 1. The molecule has 40 heavy (non-hydrogen) atoms. The number of likely N-dealkylation sites (tertiary alicyclic amines) is 1. The van der Waals surface area contributed by atoms with E-state index in [4.69, 9.17) is 5.10 Å². The third-order valence-electron chi connectivity index (χ3n) is 8.48. The highest BCUT2D eigenvalue weighted by atomic mass is 16.2. The zero-order valence-corrected chi connectivity index (χ0v) is 22.8. The number of hydrogen-bond donors (Lipinski definition) is 0. The third kappa shape index (κ3) is 3.66. The molecule has 4 amide bonds. The predicted octanol–water partition coefficient (Wildman–Crippen LogP) is 4.82. The Morgan fingerprint density at radius 2 is 1.68 bits per heavy atom. The van der Waals surface area contributed by atoms with Crippen LogP contribution in [0.3, 0.4) is 0 Å². The van der Waals surface area contributed by atoms with Gasteiger partial charge in [0.2, 0.25) is 0 Å². The summed E-state index contributed by atoms with van der Waals surface area (Å²) >= 11 is 0. The summed E-state index contributed by atoms with van der Waals surface area (Å²) in [5, 5.41) is 6.66. The summed E-state index contributed by atoms with van der Waals surface area (Å²) in [6.07, 6.45) is 0.607. The Hall–Kier alpha value is -4.46. The van der Waals surface area contributed by atoms with Crippen molar-refractivity contribution in [2.75, 3.05) is 11.4 Å². The zero-order valence-electron chi connectivity index (χ0n) is 22.8. The van der Waals surface area contributed by atoms with Gasteiger partial charge < -0.3 is 9.80 Å². The number of rotatable bonds is 4. The summed E-state index contributed by atoms with van der Waals surface area (Å²) in [5.74, 6) is -0.408. The van der Waals surface area contributed by atoms with E-state index in [1.807, 2.05) is 78.9 Å². The van der Waals surface area contributed by atoms with Gasteiger partial charge in [-0.15, -0.1) is 0 Å². The Bertz CT molecular complexity index is 1670. The molecule has 7 rings (SSSR count). The smallest absolute Gasteiger partial charge is 0.330 e. The van der Waals surface area contributed by atoms with Crippen molar-refractivity contribution in [1.82, 2.24) is 19.6 Å². The number of nitrogens with zero attached hydrogens (tertiary/aromatic N) is 5. The average Bonchev–Trinajstić information content (AvgIpc) is 3.71. The fraction of sp³-hybridized carbons (Fsp3) is 0.312. The molecule has 3 aliphatic heterocycles. The van der Waals surface area contributed by atoms with E-state index in [-0.39, 0.29) is 35.3 Å². The van der Waals surface area contributed by atoms with Crippen molar-refractivity contribution in [3.8, 4) is 0 Å². The molecule has 0 spiro atoms. The number of carbonyl (C=O) groups excluding carboxylic acids is 3. The predicted molar refractivity (Wildman–Crippen MR) is 152 cm³/mol. The summed E-state index contributed by atoms with van der Waals surface area (Å²) < 4.78 is 1.78. The monoisotopic (exact) mass is 533 g/mol. The minimum atomic E-state index is -0.679. The summed E-state index contributed by atoms with van der Waals surface area (Å²) in [4.78, 5) is 46.5. The highest BCUT2D eigenvalue weighted by Gasteiger charge is 2.63. The van der Waals surface area contributed by atoms with Crippen LogP contribution in [0.15, 0.2) is 78.9 Å². The van der Waals surface area contributed by atoms with Crippen LogP contribution in [0.25, 0.3) is 10.8 Å². The average molecular weight is 534 g/mol. The Morgan fingerprint density at radius 3 is 2.45 bits per heavy atom. The number of urea groups is 1. The van der Waals surface area contributed by atoms with Crippen LogP contribution in [0.4, 0.5) is 10.5 Å². The fourth-order valence-corrected chi connectivity index (χ4v) is 6.50. The van der Waals surface area contributed by atoms with Crippen LogP contribution >= 0.6 is 0 Å². The van der Waals surface area contributed by atoms with Crippen molar-refractivity contribution < 1.29 is 14.4 Å². The molecule has 3 fully saturated rings. The molecule has 3 saturated heterocycles. The number of carbonyl (C=O) groups is 3. The lowest BCUT2D eigenvalue weighted by Gasteiger charge is -2.34. The molecule has 3 aliphatic rings. The second-order valence-electron chi connectivity index (χ2n) is 12.0. The summed E-state index contributed by atoms with van der Waals surface area (Å²) in [6.45, 7) is 7.12. The maximum absolute atomic E-state index is 14.1. The number of piperazine rings is 1. The highest BCUT2D eigenvalue weighted by Crippen LogP contribution is 2.44. The molecule has 8 heteroatoms. The van der Waals surface area contributed by atoms with Crippen LogP contribution < -0.4 is 4.90 Å². The van der Waals surface area contributed by atoms with Crippen LogP contribution in [0, 0.1) is 0 Å². The van der Waals surface area contributed by atoms with Gasteiger partial charge in [-0.3, -0.25) is 14.3 Å². The lowest BCUT2D eigenvalue weighted by atomic mass is 9.92. The summed E-state index contributed by atoms with van der Waals surface area (Å²) in [5.41, 5.74) is 2.76. The first-order chi connectivity index (χ1) is 19.2. The quantitative estimate of drug-likeness (QED) is 0.353. The molecular weight excluding hydrogens is 502 g/mol. The summed E-state index contributed by atoms with van der Waals surface area (Å²) in [6, 6.07) is 23.7. The Labute approximate surface area is 232 Å². The molecule has 3 atom stereocenters. The van der Waals surface area contributed by atoms with Crippen LogP contribution in [-0.4, -0.2) is 62.1 Å². The Kier molecular flexibility index (Phi) is 5.39. The SMILES string of the molecule is CC(C)(C)c1cc(C(=O)N2C[C@H]3CC2[C@@H]2C(=O)N(c4cccc5ccccc45)C(=O)N32)n(Cc2ccccc2)n1. The van der Waals surface area contributed by atoms with Crippen LogP contribution in [0.1, 0.15) is 48.9 Å². The molecule has 4 aromatic rings. The molecule has 0 N–H and O–H groups in total. The van der Waals surface area contributed by atoms with Gasteiger partial charge in [-0.1, -0.05) is 87.5 Å². The van der Waals surface area contributed by atoms with E-state index in [1.54, 1.807) is 14.5 Å². The van der Waals surface area contributed by atoms with E-state index >= 15 is 0 Å². The van der Waals surface area contributed by atoms with E-state index in [1.165, 1.54) is 4.90 Å². The molecule has 1 unspecified atom stereocenters. The van der Waals surface area contributed by atoms with E-state index in [2.05, 4.69) is 20.8 Å². The van der Waals surface area contributed by atoms with Crippen molar-refractivity contribution in [2.24, 2.45) is 0 Å². The lowest BCUT2D eigenvalue weighted by molar-refractivity contribution is -0.121. The number of fused-ring (bicyclic) bond motifs is 6. The standard InChI is InChI=1S/C32H31N5O3/c1-32(2,3)27-17-26(35(33-27)18-20-10-5-4-6-11-20)29(38)34-19-22-16-25(34)28-30(39)37(31(40)36(22)28)24-15-9-13-21-12-7-8-14-23(21)24/h4-15,17,22,25,28H,16,18-19H2,1-3H3/t22-,25?,28-/m1/s1. The lowest BCUT2D eigenvalue weighted by Crippen LogP contribution is -2.55. The number of anilines is 1. The first-order valence-corrected chi connectivity index (χ1v) is 13.8. The molecule has 1 aromatic heterocycles. The van der Waals surface area contributed by atoms with E-state index in [9.17, 15) is 14.4 Å². The van der Waals surface area contributed by atoms with E-state index in [0.717, 1.165) is 22.0 Å². The van der Waals surface area contributed by atoms with Gasteiger partial charge in [0.1, 0.15) is 11.7 Å². The molecular formula is C32H31N5O3. The molecule has 4 heterocycles. The maximum Gasteiger partial charge on any atom is 0.332 e. The van der Waals surface area contributed by atoms with Gasteiger partial charge in [-0.2, -0.15) is 5.10 Å². The second kappa shape index (κ2) is 8.78. The normalized spacial score (nSPS) is 22.1. The van der Waals surface area contributed by atoms with Crippen molar-refractivity contribution in [1.29, 1.82) is 0 Å². The van der Waals surface area contributed by atoms with Gasteiger partial charge in [-0.05, 0) is 29.5 Å². The first-order valence-electron chi connectivity index (χ1n) is 13.8. The van der Waals surface area contributed by atoms with Gasteiger partial charge in [0, 0.05) is 17.3 Å². The van der Waals surface area contributed by atoms with E-state index < -0.39 is 6.04 Å². The molecule has 8 nitrogen and oxygen atoms in total. The van der Waals surface area contributed by atoms with Gasteiger partial charge >= 0.3 is 6.03 Å². The minimum absolute atomic E-state index is 0.144. The topological polar surface area (TPSA) is 78.8 Å². The number of hydrogen-bond acceptors (Lipinski definition) is 4. The first kappa shape index (κ1) is 24.6. The molecule has 202 valence electrons. The molecule has 0 radical (unpaired) electrons. The van der Waals surface area contributed by atoms with Crippen molar-refractivity contribution in [2.45, 2.75) is 57.3 Å². The Morgan fingerprint density at radius 1 is 0.950 bits per heavy atom. The fourth-order valence-electron chi connectivity index (χ4n) is 6.50. The molecule has 3 aromatic carbocycles. The zero-order chi connectivity index (χ0) is 27.8. The molecule has 2 bridgehead atoms. The van der Waals surface area contributed by atoms with Crippen molar-refractivity contribution in [3.63, 3.8) is 0 Å². The molecule has 0 aliphatic carbocycles. The summed E-state index contributed by atoms with van der Waals surface area (Å²) in [7, 11) is 0. The van der Waals surface area contributed by atoms with Gasteiger partial charge in [0.05, 0.1) is 30.0 Å². The van der Waals surface area contributed by atoms with Gasteiger partial charge in [0.15, 0.2) is 0 Å². The largest absolute Gasteiger partial charge is 0.332 e. The van der Waals surface area contributed by atoms with Crippen molar-refractivity contribution in [3.05, 3.63) is 95.8 Å². The van der Waals surface area contributed by atoms with Crippen LogP contribution in [-0.2, 0) is 16.8 Å². The maximum atomic E-state index is 14.1. The van der Waals surface area contributed by atoms with Gasteiger partial charge in [0.25, 0.3) is 11.8 Å². The third-order valence-corrected chi connectivity index (χ3v) is 8.48. The van der Waals surface area contributed by atoms with Gasteiger partial charge in [-0.25, -0.2) is 9.69 Å². The van der Waals surface area contributed by atoms with Crippen molar-refractivity contribution >= 4 is 34.3 Å². The Balaban J connectivity index is 1.21. The number of amides is 4. The van der Waals surface area contributed by atoms with Crippen LogP contribution in [0.2, 0.25) is 0 Å².